The normalized spacial score (nSPS) is 15.0. The fourth-order valence-electron chi connectivity index (χ4n) is 4.63. The van der Waals surface area contributed by atoms with E-state index >= 15 is 0 Å². The van der Waals surface area contributed by atoms with Crippen LogP contribution in [0.15, 0.2) is 90.6 Å². The molecule has 37 heavy (non-hydrogen) atoms. The number of rotatable bonds is 6. The molecule has 1 aliphatic heterocycles. The third-order valence-corrected chi connectivity index (χ3v) is 6.79. The van der Waals surface area contributed by atoms with Gasteiger partial charge in [0.05, 0.1) is 17.3 Å². The minimum absolute atomic E-state index is 0.0613. The van der Waals surface area contributed by atoms with E-state index in [1.807, 2.05) is 78.4 Å². The summed E-state index contributed by atoms with van der Waals surface area (Å²) in [4.78, 5) is 30.1. The zero-order valence-electron chi connectivity index (χ0n) is 20.3. The largest absolute Gasteiger partial charge is 0.342 e. The molecule has 0 bridgehead atoms. The summed E-state index contributed by atoms with van der Waals surface area (Å²) in [7, 11) is 0. The molecule has 0 saturated carbocycles. The molecule has 2 amide bonds. The lowest BCUT2D eigenvalue weighted by Crippen LogP contribution is -2.56. The molecule has 0 spiro atoms. The number of amides is 2. The molecule has 6 nitrogen and oxygen atoms in total. The zero-order chi connectivity index (χ0) is 25.9. The molecule has 0 unspecified atom stereocenters. The summed E-state index contributed by atoms with van der Waals surface area (Å²) in [6, 6.07) is 26.7. The maximum Gasteiger partial charge on any atom is 0.270 e. The number of anilines is 1. The summed E-state index contributed by atoms with van der Waals surface area (Å²) in [5.41, 5.74) is 3.88. The molecule has 0 aliphatic carbocycles. The van der Waals surface area contributed by atoms with Gasteiger partial charge in [0.2, 0.25) is 0 Å². The quantitative estimate of drug-likeness (QED) is 0.197. The van der Waals surface area contributed by atoms with Gasteiger partial charge in [0.1, 0.15) is 5.57 Å². The van der Waals surface area contributed by atoms with Crippen LogP contribution < -0.4 is 4.90 Å². The molecule has 1 saturated heterocycles. The van der Waals surface area contributed by atoms with E-state index in [1.54, 1.807) is 24.3 Å². The van der Waals surface area contributed by atoms with Crippen molar-refractivity contribution in [1.29, 1.82) is 5.26 Å². The number of hydrogen-bond acceptors (Lipinski definition) is 4. The smallest absolute Gasteiger partial charge is 0.270 e. The van der Waals surface area contributed by atoms with Crippen molar-refractivity contribution in [3.05, 3.63) is 107 Å². The highest BCUT2D eigenvalue weighted by Gasteiger charge is 2.40. The van der Waals surface area contributed by atoms with E-state index in [2.05, 4.69) is 6.07 Å². The molecule has 3 aromatic carbocycles. The first-order valence-corrected chi connectivity index (χ1v) is 12.5. The van der Waals surface area contributed by atoms with E-state index in [0.717, 1.165) is 22.0 Å². The minimum Gasteiger partial charge on any atom is -0.342 e. The molecule has 0 radical (unpaired) electrons. The SMILES string of the molecule is CCCN1C(=O)C(=Cc2cn(Cc3ccccc3C#N)c3ccccc23)C(=O)N(c2ccccc2)C1=S. The fraction of sp³-hybridized carbons (Fsp3) is 0.133. The van der Waals surface area contributed by atoms with Gasteiger partial charge in [-0.1, -0.05) is 61.5 Å². The van der Waals surface area contributed by atoms with E-state index in [0.29, 0.717) is 30.8 Å². The second kappa shape index (κ2) is 10.2. The van der Waals surface area contributed by atoms with Crippen LogP contribution in [0.5, 0.6) is 0 Å². The molecule has 7 heteroatoms. The van der Waals surface area contributed by atoms with Crippen LogP contribution in [0.25, 0.3) is 17.0 Å². The molecule has 1 aliphatic rings. The molecular weight excluding hydrogens is 480 g/mol. The number of thiocarbonyl (C=S) groups is 1. The average molecular weight is 505 g/mol. The van der Waals surface area contributed by atoms with E-state index in [9.17, 15) is 14.9 Å². The van der Waals surface area contributed by atoms with Crippen molar-refractivity contribution < 1.29 is 9.59 Å². The van der Waals surface area contributed by atoms with Crippen molar-refractivity contribution in [2.45, 2.75) is 19.9 Å². The molecule has 4 aromatic rings. The summed E-state index contributed by atoms with van der Waals surface area (Å²) in [6.45, 7) is 2.87. The summed E-state index contributed by atoms with van der Waals surface area (Å²) in [6.07, 6.45) is 4.30. The number of nitriles is 1. The Labute approximate surface area is 220 Å². The Morgan fingerprint density at radius 2 is 1.62 bits per heavy atom. The Hall–Kier alpha value is -4.54. The molecule has 0 N–H and O–H groups in total. The van der Waals surface area contributed by atoms with Crippen molar-refractivity contribution in [3.8, 4) is 6.07 Å². The van der Waals surface area contributed by atoms with Crippen molar-refractivity contribution in [2.75, 3.05) is 11.4 Å². The summed E-state index contributed by atoms with van der Waals surface area (Å²) >= 11 is 5.60. The highest BCUT2D eigenvalue weighted by molar-refractivity contribution is 7.80. The maximum absolute atomic E-state index is 13.7. The molecule has 2 heterocycles. The molecule has 1 fully saturated rings. The van der Waals surface area contributed by atoms with Crippen molar-refractivity contribution >= 4 is 51.8 Å². The lowest BCUT2D eigenvalue weighted by Gasteiger charge is -2.36. The van der Waals surface area contributed by atoms with Crippen LogP contribution >= 0.6 is 12.2 Å². The van der Waals surface area contributed by atoms with Crippen LogP contribution in [0.1, 0.15) is 30.0 Å². The summed E-state index contributed by atoms with van der Waals surface area (Å²) < 4.78 is 2.04. The molecule has 182 valence electrons. The molecule has 1 aromatic heterocycles. The van der Waals surface area contributed by atoms with Gasteiger partial charge in [0.15, 0.2) is 5.11 Å². The Kier molecular flexibility index (Phi) is 6.67. The van der Waals surface area contributed by atoms with Crippen LogP contribution in [0.3, 0.4) is 0 Å². The Morgan fingerprint density at radius 3 is 2.38 bits per heavy atom. The number of para-hydroxylation sites is 2. The van der Waals surface area contributed by atoms with Gasteiger partial charge in [0, 0.05) is 35.8 Å². The van der Waals surface area contributed by atoms with Crippen LogP contribution in [-0.2, 0) is 16.1 Å². The standard InChI is InChI=1S/C30H24N4O2S/c1-2-16-33-28(35)26(29(36)34(30(33)37)24-12-4-3-5-13-24)17-23-20-32(27-15-9-8-14-25(23)27)19-22-11-7-6-10-21(22)18-31/h3-15,17,20H,2,16,19H2,1H3. The van der Waals surface area contributed by atoms with E-state index in [1.165, 1.54) is 9.80 Å². The molecular formula is C30H24N4O2S. The van der Waals surface area contributed by atoms with Gasteiger partial charge in [0.25, 0.3) is 11.8 Å². The van der Waals surface area contributed by atoms with Crippen LogP contribution in [0.4, 0.5) is 5.69 Å². The molecule has 0 atom stereocenters. The average Bonchev–Trinajstić information content (AvgIpc) is 3.27. The van der Waals surface area contributed by atoms with Crippen molar-refractivity contribution in [2.24, 2.45) is 0 Å². The number of benzene rings is 3. The first kappa shape index (κ1) is 24.2. The Bertz CT molecular complexity index is 1600. The van der Waals surface area contributed by atoms with E-state index in [-0.39, 0.29) is 10.7 Å². The summed E-state index contributed by atoms with van der Waals surface area (Å²) in [5.74, 6) is -0.837. The number of fused-ring (bicyclic) bond motifs is 1. The van der Waals surface area contributed by atoms with Crippen molar-refractivity contribution in [1.82, 2.24) is 9.47 Å². The zero-order valence-corrected chi connectivity index (χ0v) is 21.1. The number of carbonyl (C=O) groups excluding carboxylic acids is 2. The monoisotopic (exact) mass is 504 g/mol. The van der Waals surface area contributed by atoms with E-state index < -0.39 is 11.8 Å². The minimum atomic E-state index is -0.444. The fourth-order valence-corrected chi connectivity index (χ4v) is 4.99. The maximum atomic E-state index is 13.7. The number of aromatic nitrogens is 1. The lowest BCUT2D eigenvalue weighted by molar-refractivity contribution is -0.127. The van der Waals surface area contributed by atoms with Gasteiger partial charge in [-0.15, -0.1) is 0 Å². The topological polar surface area (TPSA) is 69.3 Å². The lowest BCUT2D eigenvalue weighted by atomic mass is 10.0. The number of carbonyl (C=O) groups is 2. The van der Waals surface area contributed by atoms with Gasteiger partial charge in [-0.2, -0.15) is 5.26 Å². The highest BCUT2D eigenvalue weighted by Crippen LogP contribution is 2.29. The third-order valence-electron chi connectivity index (χ3n) is 6.39. The second-order valence-electron chi connectivity index (χ2n) is 8.77. The van der Waals surface area contributed by atoms with Gasteiger partial charge in [-0.3, -0.25) is 19.4 Å². The van der Waals surface area contributed by atoms with Crippen molar-refractivity contribution in [3.63, 3.8) is 0 Å². The van der Waals surface area contributed by atoms with E-state index in [4.69, 9.17) is 12.2 Å². The van der Waals surface area contributed by atoms with Gasteiger partial charge in [-0.05, 0) is 54.5 Å². The van der Waals surface area contributed by atoms with Gasteiger partial charge >= 0.3 is 0 Å². The van der Waals surface area contributed by atoms with Crippen LogP contribution in [-0.4, -0.2) is 32.9 Å². The first-order valence-electron chi connectivity index (χ1n) is 12.1. The Balaban J connectivity index is 1.62. The van der Waals surface area contributed by atoms with Gasteiger partial charge < -0.3 is 4.57 Å². The predicted octanol–water partition coefficient (Wildman–Crippen LogP) is 5.51. The third kappa shape index (κ3) is 4.44. The van der Waals surface area contributed by atoms with Crippen LogP contribution in [0.2, 0.25) is 0 Å². The highest BCUT2D eigenvalue weighted by atomic mass is 32.1. The predicted molar refractivity (Wildman–Crippen MR) is 149 cm³/mol. The summed E-state index contributed by atoms with van der Waals surface area (Å²) in [5, 5.41) is 10.6. The van der Waals surface area contributed by atoms with Gasteiger partial charge in [-0.25, -0.2) is 0 Å². The molecule has 5 rings (SSSR count). The second-order valence-corrected chi connectivity index (χ2v) is 9.14. The number of nitrogens with zero attached hydrogens (tertiary/aromatic N) is 4. The number of hydrogen-bond donors (Lipinski definition) is 0. The van der Waals surface area contributed by atoms with Crippen LogP contribution in [0, 0.1) is 11.3 Å². The Morgan fingerprint density at radius 1 is 0.919 bits per heavy atom. The first-order chi connectivity index (χ1) is 18.0.